The van der Waals surface area contributed by atoms with Crippen molar-refractivity contribution in [1.82, 2.24) is 0 Å². The van der Waals surface area contributed by atoms with Crippen molar-refractivity contribution in [3.63, 3.8) is 0 Å². The Morgan fingerprint density at radius 2 is 2.36 bits per heavy atom. The maximum atomic E-state index is 5.28. The molecule has 0 saturated heterocycles. The molecule has 0 aliphatic rings. The predicted octanol–water partition coefficient (Wildman–Crippen LogP) is 2.80. The van der Waals surface area contributed by atoms with Gasteiger partial charge in [-0.2, -0.15) is 0 Å². The van der Waals surface area contributed by atoms with Crippen molar-refractivity contribution < 1.29 is 4.42 Å². The third kappa shape index (κ3) is 0.929. The molecule has 2 aromatic rings. The van der Waals surface area contributed by atoms with Gasteiger partial charge in [0.15, 0.2) is 0 Å². The maximum absolute atomic E-state index is 5.28. The van der Waals surface area contributed by atoms with Crippen LogP contribution >= 0.6 is 0 Å². The second-order valence-corrected chi connectivity index (χ2v) is 2.53. The Hall–Kier alpha value is -1.24. The third-order valence-corrected chi connectivity index (χ3v) is 1.87. The van der Waals surface area contributed by atoms with E-state index in [9.17, 15) is 0 Å². The van der Waals surface area contributed by atoms with E-state index in [2.05, 4.69) is 19.1 Å². The molecule has 0 amide bonds. The largest absolute Gasteiger partial charge is 0.463 e. The molecule has 0 unspecified atom stereocenters. The van der Waals surface area contributed by atoms with Gasteiger partial charge in [-0.05, 0) is 12.0 Å². The van der Waals surface area contributed by atoms with E-state index >= 15 is 0 Å². The Bertz CT molecular complexity index is 360. The molecule has 0 aliphatic heterocycles. The van der Waals surface area contributed by atoms with Crippen LogP contribution in [0.2, 0.25) is 0 Å². The van der Waals surface area contributed by atoms with Crippen molar-refractivity contribution in [2.75, 3.05) is 0 Å². The summed E-state index contributed by atoms with van der Waals surface area (Å²) in [4.78, 5) is 0. The molecule has 0 spiro atoms. The number of hydrogen-bond donors (Lipinski definition) is 0. The van der Waals surface area contributed by atoms with Crippen molar-refractivity contribution in [1.29, 1.82) is 0 Å². The summed E-state index contributed by atoms with van der Waals surface area (Å²) in [5.41, 5.74) is 2.23. The van der Waals surface area contributed by atoms with Gasteiger partial charge >= 0.3 is 0 Å². The molecule has 1 radical (unpaired) electrons. The van der Waals surface area contributed by atoms with E-state index in [1.54, 1.807) is 6.26 Å². The molecular formula is C10H9O. The van der Waals surface area contributed by atoms with E-state index in [1.807, 2.05) is 12.1 Å². The van der Waals surface area contributed by atoms with Crippen LogP contribution in [-0.2, 0) is 6.42 Å². The van der Waals surface area contributed by atoms with Crippen LogP contribution in [0.5, 0.6) is 0 Å². The van der Waals surface area contributed by atoms with Gasteiger partial charge in [-0.3, -0.25) is 0 Å². The van der Waals surface area contributed by atoms with Crippen LogP contribution in [0.25, 0.3) is 11.0 Å². The summed E-state index contributed by atoms with van der Waals surface area (Å²) in [7, 11) is 0. The second kappa shape index (κ2) is 2.42. The predicted molar refractivity (Wildman–Crippen MR) is 44.4 cm³/mol. The van der Waals surface area contributed by atoms with E-state index in [1.165, 1.54) is 5.56 Å². The molecule has 0 atom stereocenters. The van der Waals surface area contributed by atoms with Crippen LogP contribution in [0.15, 0.2) is 28.9 Å². The Morgan fingerprint density at radius 3 is 3.18 bits per heavy atom. The van der Waals surface area contributed by atoms with E-state index in [0.717, 1.165) is 17.4 Å². The van der Waals surface area contributed by atoms with Crippen LogP contribution in [0.4, 0.5) is 0 Å². The van der Waals surface area contributed by atoms with E-state index < -0.39 is 0 Å². The maximum Gasteiger partial charge on any atom is 0.137 e. The van der Waals surface area contributed by atoms with Crippen LogP contribution < -0.4 is 0 Å². The summed E-state index contributed by atoms with van der Waals surface area (Å²) in [6, 6.07) is 9.16. The third-order valence-electron chi connectivity index (χ3n) is 1.87. The molecule has 0 fully saturated rings. The highest BCUT2D eigenvalue weighted by Gasteiger charge is 2.00. The van der Waals surface area contributed by atoms with Gasteiger partial charge in [0.1, 0.15) is 5.58 Å². The van der Waals surface area contributed by atoms with Gasteiger partial charge < -0.3 is 4.42 Å². The normalized spacial score (nSPS) is 10.6. The SMILES string of the molecule is CCc1cccc2[c]coc12. The molecule has 1 nitrogen and oxygen atoms in total. The van der Waals surface area contributed by atoms with Crippen molar-refractivity contribution in [2.45, 2.75) is 13.3 Å². The van der Waals surface area contributed by atoms with Gasteiger partial charge in [-0.1, -0.05) is 25.1 Å². The molecule has 0 bridgehead atoms. The number of rotatable bonds is 1. The Kier molecular flexibility index (Phi) is 1.42. The zero-order chi connectivity index (χ0) is 7.68. The molecular weight excluding hydrogens is 136 g/mol. The van der Waals surface area contributed by atoms with Crippen LogP contribution in [0.1, 0.15) is 12.5 Å². The van der Waals surface area contributed by atoms with Gasteiger partial charge in [-0.15, -0.1) is 0 Å². The van der Waals surface area contributed by atoms with Gasteiger partial charge in [0.2, 0.25) is 0 Å². The number of fused-ring (bicyclic) bond motifs is 1. The van der Waals surface area contributed by atoms with E-state index in [0.29, 0.717) is 0 Å². The molecule has 0 N–H and O–H groups in total. The Balaban J connectivity index is 2.79. The summed E-state index contributed by atoms with van der Waals surface area (Å²) in [6.45, 7) is 2.12. The van der Waals surface area contributed by atoms with Crippen molar-refractivity contribution in [3.05, 3.63) is 36.1 Å². The molecule has 1 heterocycles. The average Bonchev–Trinajstić information content (AvgIpc) is 2.50. The van der Waals surface area contributed by atoms with E-state index in [4.69, 9.17) is 4.42 Å². The molecule has 55 valence electrons. The fourth-order valence-electron chi connectivity index (χ4n) is 1.27. The number of furan rings is 1. The Morgan fingerprint density at radius 1 is 1.45 bits per heavy atom. The first-order chi connectivity index (χ1) is 5.42. The van der Waals surface area contributed by atoms with Crippen LogP contribution in [0.3, 0.4) is 0 Å². The summed E-state index contributed by atoms with van der Waals surface area (Å²) in [5, 5.41) is 1.07. The standard InChI is InChI=1S/C10H9O/c1-2-8-4-3-5-9-6-7-11-10(8)9/h3-5,7H,2H2,1H3. The molecule has 1 heteroatoms. The minimum atomic E-state index is 0.981. The summed E-state index contributed by atoms with van der Waals surface area (Å²) in [6.07, 6.45) is 2.63. The molecule has 1 aromatic heterocycles. The van der Waals surface area contributed by atoms with Gasteiger partial charge in [0, 0.05) is 11.5 Å². The topological polar surface area (TPSA) is 13.1 Å². The van der Waals surface area contributed by atoms with Gasteiger partial charge in [0.05, 0.1) is 6.26 Å². The van der Waals surface area contributed by atoms with E-state index in [-0.39, 0.29) is 0 Å². The summed E-state index contributed by atoms with van der Waals surface area (Å²) >= 11 is 0. The highest BCUT2D eigenvalue weighted by molar-refractivity contribution is 5.79. The molecule has 2 rings (SSSR count). The van der Waals surface area contributed by atoms with Crippen LogP contribution in [-0.4, -0.2) is 0 Å². The first-order valence-corrected chi connectivity index (χ1v) is 3.78. The fraction of sp³-hybridized carbons (Fsp3) is 0.200. The van der Waals surface area contributed by atoms with Crippen molar-refractivity contribution >= 4 is 11.0 Å². The second-order valence-electron chi connectivity index (χ2n) is 2.53. The minimum Gasteiger partial charge on any atom is -0.463 e. The zero-order valence-electron chi connectivity index (χ0n) is 6.42. The van der Waals surface area contributed by atoms with Crippen molar-refractivity contribution in [3.8, 4) is 0 Å². The van der Waals surface area contributed by atoms with Gasteiger partial charge in [-0.25, -0.2) is 0 Å². The monoisotopic (exact) mass is 145 g/mol. The molecule has 0 saturated carbocycles. The minimum absolute atomic E-state index is 0.981. The summed E-state index contributed by atoms with van der Waals surface area (Å²) < 4.78 is 5.28. The number of hydrogen-bond acceptors (Lipinski definition) is 1. The van der Waals surface area contributed by atoms with Crippen LogP contribution in [0, 0.1) is 6.07 Å². The lowest BCUT2D eigenvalue weighted by Gasteiger charge is -1.95. The first kappa shape index (κ1) is 6.47. The highest BCUT2D eigenvalue weighted by atomic mass is 16.3. The lowest BCUT2D eigenvalue weighted by molar-refractivity contribution is 0.611. The van der Waals surface area contributed by atoms with Gasteiger partial charge in [0.25, 0.3) is 0 Å². The average molecular weight is 145 g/mol. The summed E-state index contributed by atoms with van der Waals surface area (Å²) in [5.74, 6) is 0. The smallest absolute Gasteiger partial charge is 0.137 e. The lowest BCUT2D eigenvalue weighted by Crippen LogP contribution is -1.78. The molecule has 1 aromatic carbocycles. The fourth-order valence-corrected chi connectivity index (χ4v) is 1.27. The van der Waals surface area contributed by atoms with Crippen molar-refractivity contribution in [2.24, 2.45) is 0 Å². The highest BCUT2D eigenvalue weighted by Crippen LogP contribution is 2.19. The number of benzene rings is 1. The molecule has 11 heavy (non-hydrogen) atoms. The quantitative estimate of drug-likeness (QED) is 0.601. The molecule has 0 aliphatic carbocycles. The number of para-hydroxylation sites is 1. The zero-order valence-corrected chi connectivity index (χ0v) is 6.42. The first-order valence-electron chi connectivity index (χ1n) is 3.78. The Labute approximate surface area is 65.6 Å². The lowest BCUT2D eigenvalue weighted by atomic mass is 10.1. The number of aryl methyl sites for hydroxylation is 1.